The van der Waals surface area contributed by atoms with E-state index in [2.05, 4.69) is 5.32 Å². The highest BCUT2D eigenvalue weighted by molar-refractivity contribution is 5.91. The lowest BCUT2D eigenvalue weighted by atomic mass is 10.1. The van der Waals surface area contributed by atoms with Crippen LogP contribution < -0.4 is 15.4 Å². The molecule has 0 saturated heterocycles. The van der Waals surface area contributed by atoms with Crippen LogP contribution in [0.15, 0.2) is 42.5 Å². The van der Waals surface area contributed by atoms with Crippen LogP contribution in [0.2, 0.25) is 0 Å². The van der Waals surface area contributed by atoms with Crippen molar-refractivity contribution in [3.05, 3.63) is 59.7 Å². The summed E-state index contributed by atoms with van der Waals surface area (Å²) in [7, 11) is 0. The summed E-state index contributed by atoms with van der Waals surface area (Å²) in [5.41, 5.74) is 1.31. The highest BCUT2D eigenvalue weighted by Crippen LogP contribution is 2.15. The summed E-state index contributed by atoms with van der Waals surface area (Å²) in [4.78, 5) is 12.0. The number of nitrogens with one attached hydrogen (secondary N) is 1. The normalized spacial score (nSPS) is 11.8. The number of amides is 1. The van der Waals surface area contributed by atoms with E-state index in [1.165, 1.54) is 6.07 Å². The summed E-state index contributed by atoms with van der Waals surface area (Å²) in [6.07, 6.45) is 0. The van der Waals surface area contributed by atoms with Gasteiger partial charge in [-0.25, -0.2) is 8.78 Å². The van der Waals surface area contributed by atoms with Crippen molar-refractivity contribution in [2.45, 2.75) is 19.9 Å². The molecule has 0 spiro atoms. The van der Waals surface area contributed by atoms with Gasteiger partial charge in [0, 0.05) is 11.3 Å². The van der Waals surface area contributed by atoms with Crippen LogP contribution in [0.5, 0.6) is 5.75 Å². The van der Waals surface area contributed by atoms with Gasteiger partial charge in [-0.2, -0.15) is 0 Å². The van der Waals surface area contributed by atoms with Crippen LogP contribution in [0.25, 0.3) is 0 Å². The molecule has 24 heavy (non-hydrogen) atoms. The number of ether oxygens (including phenoxy) is 1. The summed E-state index contributed by atoms with van der Waals surface area (Å²) in [5, 5.41) is 4.54. The number of benzene rings is 2. The van der Waals surface area contributed by atoms with E-state index in [1.807, 2.05) is 13.8 Å². The molecule has 0 unspecified atom stereocenters. The first-order valence-electron chi connectivity index (χ1n) is 7.80. The molecule has 2 rings (SSSR count). The average molecular weight is 335 g/mol. The second kappa shape index (κ2) is 8.40. The molecule has 2 aromatic carbocycles. The van der Waals surface area contributed by atoms with Crippen molar-refractivity contribution in [1.29, 1.82) is 0 Å². The zero-order chi connectivity index (χ0) is 17.5. The number of hydrogen-bond acceptors (Lipinski definition) is 2. The highest BCUT2D eigenvalue weighted by atomic mass is 19.2. The third-order valence-corrected chi connectivity index (χ3v) is 3.58. The molecule has 0 aliphatic carbocycles. The molecule has 0 aliphatic rings. The second-order valence-corrected chi connectivity index (χ2v) is 5.41. The molecule has 3 N–H and O–H groups in total. The van der Waals surface area contributed by atoms with Gasteiger partial charge in [0.2, 0.25) is 0 Å². The third kappa shape index (κ3) is 5.03. The molecule has 2 aromatic rings. The Bertz CT molecular complexity index is 690. The lowest BCUT2D eigenvalue weighted by Crippen LogP contribution is -2.86. The van der Waals surface area contributed by atoms with Crippen LogP contribution in [-0.2, 0) is 4.79 Å². The highest BCUT2D eigenvalue weighted by Gasteiger charge is 2.14. The summed E-state index contributed by atoms with van der Waals surface area (Å²) in [6, 6.07) is 10.7. The molecule has 0 fully saturated rings. The number of nitrogens with two attached hydrogens (primary N) is 1. The lowest BCUT2D eigenvalue weighted by molar-refractivity contribution is -0.682. The van der Waals surface area contributed by atoms with Crippen molar-refractivity contribution in [2.24, 2.45) is 0 Å². The number of halogens is 2. The van der Waals surface area contributed by atoms with Crippen LogP contribution in [-0.4, -0.2) is 19.1 Å². The number of carbonyl (C=O) groups is 1. The van der Waals surface area contributed by atoms with Crippen LogP contribution in [0.4, 0.5) is 14.5 Å². The largest absolute Gasteiger partial charge is 0.494 e. The number of anilines is 1. The van der Waals surface area contributed by atoms with Crippen molar-refractivity contribution < 1.29 is 23.6 Å². The van der Waals surface area contributed by atoms with Crippen molar-refractivity contribution in [2.75, 3.05) is 18.5 Å². The molecule has 4 nitrogen and oxygen atoms in total. The first-order chi connectivity index (χ1) is 11.5. The Morgan fingerprint density at radius 1 is 1.17 bits per heavy atom. The van der Waals surface area contributed by atoms with Crippen LogP contribution in [0.1, 0.15) is 25.5 Å². The van der Waals surface area contributed by atoms with Gasteiger partial charge < -0.3 is 15.4 Å². The number of carbonyl (C=O) groups excluding carboxylic acids is 1. The minimum atomic E-state index is -0.883. The smallest absolute Gasteiger partial charge is 0.279 e. The Kier molecular flexibility index (Phi) is 6.26. The van der Waals surface area contributed by atoms with E-state index in [0.29, 0.717) is 17.9 Å². The number of hydrogen-bond donors (Lipinski definition) is 2. The second-order valence-electron chi connectivity index (χ2n) is 5.41. The van der Waals surface area contributed by atoms with E-state index in [-0.39, 0.29) is 18.5 Å². The Labute approximate surface area is 139 Å². The molecule has 0 heterocycles. The fourth-order valence-corrected chi connectivity index (χ4v) is 2.23. The fraction of sp³-hybridized carbons (Fsp3) is 0.278. The van der Waals surface area contributed by atoms with E-state index in [0.717, 1.165) is 17.9 Å². The van der Waals surface area contributed by atoms with Gasteiger partial charge in [-0.05, 0) is 56.3 Å². The topological polar surface area (TPSA) is 54.9 Å². The first-order valence-corrected chi connectivity index (χ1v) is 7.80. The van der Waals surface area contributed by atoms with Gasteiger partial charge in [0.15, 0.2) is 18.2 Å². The zero-order valence-electron chi connectivity index (χ0n) is 13.7. The van der Waals surface area contributed by atoms with Crippen molar-refractivity contribution in [1.82, 2.24) is 0 Å². The van der Waals surface area contributed by atoms with Crippen molar-refractivity contribution in [3.8, 4) is 5.75 Å². The molecule has 0 aromatic heterocycles. The van der Waals surface area contributed by atoms with Crippen LogP contribution in [0.3, 0.4) is 0 Å². The predicted octanol–water partition coefficient (Wildman–Crippen LogP) is 2.63. The minimum Gasteiger partial charge on any atom is -0.494 e. The number of quaternary nitrogens is 1. The molecular formula is C18H21F2N2O2+. The molecule has 0 saturated carbocycles. The summed E-state index contributed by atoms with van der Waals surface area (Å²) >= 11 is 0. The Hall–Kier alpha value is -2.47. The van der Waals surface area contributed by atoms with Crippen molar-refractivity contribution in [3.63, 3.8) is 0 Å². The monoisotopic (exact) mass is 335 g/mol. The third-order valence-electron chi connectivity index (χ3n) is 3.58. The molecule has 0 radical (unpaired) electrons. The Morgan fingerprint density at radius 3 is 2.50 bits per heavy atom. The average Bonchev–Trinajstić information content (AvgIpc) is 2.57. The summed E-state index contributed by atoms with van der Waals surface area (Å²) in [5.74, 6) is -1.19. The van der Waals surface area contributed by atoms with E-state index in [1.54, 1.807) is 29.6 Å². The van der Waals surface area contributed by atoms with Gasteiger partial charge in [0.05, 0.1) is 6.61 Å². The Balaban J connectivity index is 1.84. The minimum absolute atomic E-state index is 0.161. The van der Waals surface area contributed by atoms with Gasteiger partial charge in [-0.3, -0.25) is 4.79 Å². The molecule has 128 valence electrons. The van der Waals surface area contributed by atoms with Gasteiger partial charge in [0.1, 0.15) is 11.8 Å². The molecular weight excluding hydrogens is 314 g/mol. The maximum atomic E-state index is 13.2. The van der Waals surface area contributed by atoms with E-state index in [9.17, 15) is 13.6 Å². The van der Waals surface area contributed by atoms with Crippen LogP contribution >= 0.6 is 0 Å². The lowest BCUT2D eigenvalue weighted by Gasteiger charge is -2.12. The van der Waals surface area contributed by atoms with Crippen molar-refractivity contribution >= 4 is 11.6 Å². The zero-order valence-corrected chi connectivity index (χ0v) is 13.7. The fourth-order valence-electron chi connectivity index (χ4n) is 2.23. The maximum Gasteiger partial charge on any atom is 0.279 e. The molecule has 6 heteroatoms. The maximum absolute atomic E-state index is 13.2. The molecule has 1 amide bonds. The summed E-state index contributed by atoms with van der Waals surface area (Å²) in [6.45, 7) is 4.49. The predicted molar refractivity (Wildman–Crippen MR) is 87.8 cm³/mol. The quantitative estimate of drug-likeness (QED) is 0.817. The van der Waals surface area contributed by atoms with Gasteiger partial charge >= 0.3 is 0 Å². The first kappa shape index (κ1) is 17.9. The van der Waals surface area contributed by atoms with E-state index < -0.39 is 11.6 Å². The van der Waals surface area contributed by atoms with Gasteiger partial charge in [0.25, 0.3) is 5.91 Å². The van der Waals surface area contributed by atoms with E-state index in [4.69, 9.17) is 4.74 Å². The standard InChI is InChI=1S/C18H20F2N2O2/c1-3-24-15-7-5-14(6-8-15)22-18(23)11-21-12(2)13-4-9-16(19)17(20)10-13/h4-10,12,21H,3,11H2,1-2H3,(H,22,23)/p+1/t12-/m0/s1. The van der Waals surface area contributed by atoms with Gasteiger partial charge in [-0.15, -0.1) is 0 Å². The van der Waals surface area contributed by atoms with E-state index >= 15 is 0 Å². The summed E-state index contributed by atoms with van der Waals surface area (Å²) < 4.78 is 31.5. The molecule has 0 bridgehead atoms. The van der Waals surface area contributed by atoms with Crippen LogP contribution in [0, 0.1) is 11.6 Å². The molecule has 1 atom stereocenters. The SMILES string of the molecule is CCOc1ccc(NC(=O)C[NH2+][C@@H](C)c2ccc(F)c(F)c2)cc1. The van der Waals surface area contributed by atoms with Gasteiger partial charge in [-0.1, -0.05) is 0 Å². The molecule has 0 aliphatic heterocycles. The Morgan fingerprint density at radius 2 is 1.88 bits per heavy atom. The number of rotatable bonds is 7.